The normalized spacial score (nSPS) is 26.5. The van der Waals surface area contributed by atoms with Crippen LogP contribution >= 0.6 is 0 Å². The zero-order valence-corrected chi connectivity index (χ0v) is 9.82. The lowest BCUT2D eigenvalue weighted by Gasteiger charge is -2.29. The molecule has 0 aliphatic carbocycles. The standard InChI is InChI=1S/C11H19NO3/c1-8-5-6-9(7-13)12(8)10(14)15-11(2,3)4/h7-9H,5-6H2,1-4H3/t8?,9-/m1/s1. The van der Waals surface area contributed by atoms with Crippen LogP contribution in [0.25, 0.3) is 0 Å². The zero-order chi connectivity index (χ0) is 11.6. The van der Waals surface area contributed by atoms with Gasteiger partial charge in [0.2, 0.25) is 0 Å². The van der Waals surface area contributed by atoms with Crippen molar-refractivity contribution in [3.8, 4) is 0 Å². The maximum atomic E-state index is 11.8. The predicted octanol–water partition coefficient (Wildman–Crippen LogP) is 1.97. The Morgan fingerprint density at radius 2 is 2.00 bits per heavy atom. The quantitative estimate of drug-likeness (QED) is 0.626. The number of aldehydes is 1. The number of carbonyl (C=O) groups excluding carboxylic acids is 2. The Labute approximate surface area is 90.6 Å². The van der Waals surface area contributed by atoms with Crippen LogP contribution in [-0.2, 0) is 9.53 Å². The average molecular weight is 213 g/mol. The number of hydrogen-bond acceptors (Lipinski definition) is 3. The molecule has 0 aromatic heterocycles. The molecule has 1 heterocycles. The third-order valence-corrected chi connectivity index (χ3v) is 2.47. The van der Waals surface area contributed by atoms with E-state index in [1.165, 1.54) is 4.90 Å². The minimum Gasteiger partial charge on any atom is -0.444 e. The van der Waals surface area contributed by atoms with Crippen LogP contribution in [0, 0.1) is 0 Å². The summed E-state index contributed by atoms with van der Waals surface area (Å²) in [5, 5.41) is 0. The van der Waals surface area contributed by atoms with Gasteiger partial charge in [-0.05, 0) is 40.5 Å². The van der Waals surface area contributed by atoms with E-state index in [9.17, 15) is 9.59 Å². The smallest absolute Gasteiger partial charge is 0.411 e. The van der Waals surface area contributed by atoms with Crippen molar-refractivity contribution in [3.05, 3.63) is 0 Å². The molecule has 4 nitrogen and oxygen atoms in total. The minimum atomic E-state index is -0.507. The van der Waals surface area contributed by atoms with Gasteiger partial charge in [-0.15, -0.1) is 0 Å². The van der Waals surface area contributed by atoms with Crippen molar-refractivity contribution in [1.29, 1.82) is 0 Å². The second-order valence-electron chi connectivity index (χ2n) is 5.02. The monoisotopic (exact) mass is 213 g/mol. The van der Waals surface area contributed by atoms with Crippen LogP contribution in [0.15, 0.2) is 0 Å². The fourth-order valence-electron chi connectivity index (χ4n) is 1.78. The lowest BCUT2D eigenvalue weighted by atomic mass is 10.2. The van der Waals surface area contributed by atoms with Crippen LogP contribution in [0.5, 0.6) is 0 Å². The third-order valence-electron chi connectivity index (χ3n) is 2.47. The topological polar surface area (TPSA) is 46.6 Å². The van der Waals surface area contributed by atoms with Gasteiger partial charge in [0, 0.05) is 6.04 Å². The highest BCUT2D eigenvalue weighted by Gasteiger charge is 2.36. The fraction of sp³-hybridized carbons (Fsp3) is 0.818. The van der Waals surface area contributed by atoms with Crippen molar-refractivity contribution in [3.63, 3.8) is 0 Å². The summed E-state index contributed by atoms with van der Waals surface area (Å²) < 4.78 is 5.25. The Bertz CT molecular complexity index is 257. The number of ether oxygens (including phenoxy) is 1. The van der Waals surface area contributed by atoms with E-state index in [1.807, 2.05) is 27.7 Å². The summed E-state index contributed by atoms with van der Waals surface area (Å²) in [5.41, 5.74) is -0.507. The highest BCUT2D eigenvalue weighted by atomic mass is 16.6. The molecule has 0 spiro atoms. The molecule has 1 aliphatic heterocycles. The van der Waals surface area contributed by atoms with Crippen molar-refractivity contribution < 1.29 is 14.3 Å². The van der Waals surface area contributed by atoms with Crippen LogP contribution in [0.2, 0.25) is 0 Å². The molecule has 0 bridgehead atoms. The van der Waals surface area contributed by atoms with Gasteiger partial charge in [0.1, 0.15) is 11.9 Å². The highest BCUT2D eigenvalue weighted by molar-refractivity contribution is 5.74. The van der Waals surface area contributed by atoms with Gasteiger partial charge < -0.3 is 9.53 Å². The average Bonchev–Trinajstić information content (AvgIpc) is 2.43. The van der Waals surface area contributed by atoms with Gasteiger partial charge in [0.25, 0.3) is 0 Å². The first-order chi connectivity index (χ1) is 6.85. The first-order valence-electron chi connectivity index (χ1n) is 5.32. The number of amides is 1. The summed E-state index contributed by atoms with van der Waals surface area (Å²) in [6.07, 6.45) is 2.05. The van der Waals surface area contributed by atoms with Crippen molar-refractivity contribution in [2.45, 2.75) is 58.2 Å². The summed E-state index contributed by atoms with van der Waals surface area (Å²) in [6.45, 7) is 7.40. The minimum absolute atomic E-state index is 0.0926. The summed E-state index contributed by atoms with van der Waals surface area (Å²) in [6, 6.07) is -0.218. The lowest BCUT2D eigenvalue weighted by molar-refractivity contribution is -0.112. The van der Waals surface area contributed by atoms with Gasteiger partial charge in [0.05, 0.1) is 6.04 Å². The van der Waals surface area contributed by atoms with Gasteiger partial charge in [0.15, 0.2) is 0 Å². The molecule has 0 saturated carbocycles. The van der Waals surface area contributed by atoms with E-state index in [-0.39, 0.29) is 18.2 Å². The Morgan fingerprint density at radius 3 is 2.47 bits per heavy atom. The van der Waals surface area contributed by atoms with Crippen molar-refractivity contribution in [1.82, 2.24) is 4.90 Å². The number of likely N-dealkylation sites (tertiary alicyclic amines) is 1. The molecular formula is C11H19NO3. The molecule has 1 amide bonds. The van der Waals surface area contributed by atoms with E-state index in [4.69, 9.17) is 4.74 Å². The maximum Gasteiger partial charge on any atom is 0.411 e. The molecule has 2 atom stereocenters. The van der Waals surface area contributed by atoms with E-state index in [0.29, 0.717) is 0 Å². The second kappa shape index (κ2) is 4.21. The summed E-state index contributed by atoms with van der Waals surface area (Å²) in [4.78, 5) is 24.1. The molecule has 1 unspecified atom stereocenters. The second-order valence-corrected chi connectivity index (χ2v) is 5.02. The summed E-state index contributed by atoms with van der Waals surface area (Å²) in [5.74, 6) is 0. The predicted molar refractivity (Wildman–Crippen MR) is 56.6 cm³/mol. The Kier molecular flexibility index (Phi) is 3.37. The van der Waals surface area contributed by atoms with E-state index in [1.54, 1.807) is 0 Å². The van der Waals surface area contributed by atoms with Gasteiger partial charge >= 0.3 is 6.09 Å². The first kappa shape index (κ1) is 12.0. The molecule has 0 radical (unpaired) electrons. The molecule has 1 saturated heterocycles. The van der Waals surface area contributed by atoms with Gasteiger partial charge in [-0.25, -0.2) is 4.79 Å². The van der Waals surface area contributed by atoms with Crippen molar-refractivity contribution in [2.75, 3.05) is 0 Å². The van der Waals surface area contributed by atoms with E-state index >= 15 is 0 Å². The lowest BCUT2D eigenvalue weighted by Crippen LogP contribution is -2.43. The third kappa shape index (κ3) is 2.94. The van der Waals surface area contributed by atoms with E-state index in [2.05, 4.69) is 0 Å². The van der Waals surface area contributed by atoms with Gasteiger partial charge in [-0.3, -0.25) is 4.90 Å². The molecule has 1 rings (SSSR count). The Hall–Kier alpha value is -1.06. The first-order valence-corrected chi connectivity index (χ1v) is 5.32. The molecular weight excluding hydrogens is 194 g/mol. The van der Waals surface area contributed by atoms with Crippen LogP contribution < -0.4 is 0 Å². The number of rotatable bonds is 1. The largest absolute Gasteiger partial charge is 0.444 e. The molecule has 4 heteroatoms. The number of hydrogen-bond donors (Lipinski definition) is 0. The van der Waals surface area contributed by atoms with E-state index < -0.39 is 5.60 Å². The van der Waals surface area contributed by atoms with Gasteiger partial charge in [-0.1, -0.05) is 0 Å². The molecule has 15 heavy (non-hydrogen) atoms. The van der Waals surface area contributed by atoms with Crippen LogP contribution in [0.4, 0.5) is 4.79 Å². The number of nitrogens with zero attached hydrogens (tertiary/aromatic N) is 1. The molecule has 1 fully saturated rings. The molecule has 86 valence electrons. The molecule has 0 aromatic rings. The highest BCUT2D eigenvalue weighted by Crippen LogP contribution is 2.24. The van der Waals surface area contributed by atoms with Crippen LogP contribution in [0.3, 0.4) is 0 Å². The molecule has 1 aliphatic rings. The Balaban J connectivity index is 2.68. The maximum absolute atomic E-state index is 11.8. The van der Waals surface area contributed by atoms with Crippen LogP contribution in [-0.4, -0.2) is 35.0 Å². The number of carbonyl (C=O) groups is 2. The molecule has 0 N–H and O–H groups in total. The Morgan fingerprint density at radius 1 is 1.40 bits per heavy atom. The van der Waals surface area contributed by atoms with Gasteiger partial charge in [-0.2, -0.15) is 0 Å². The van der Waals surface area contributed by atoms with Crippen molar-refractivity contribution in [2.24, 2.45) is 0 Å². The SMILES string of the molecule is CC1CC[C@H](C=O)N1C(=O)OC(C)(C)C. The summed E-state index contributed by atoms with van der Waals surface area (Å²) >= 11 is 0. The zero-order valence-electron chi connectivity index (χ0n) is 9.82. The van der Waals surface area contributed by atoms with Crippen LogP contribution in [0.1, 0.15) is 40.5 Å². The molecule has 0 aromatic carbocycles. The van der Waals surface area contributed by atoms with E-state index in [0.717, 1.165) is 19.1 Å². The van der Waals surface area contributed by atoms with Crippen molar-refractivity contribution >= 4 is 12.4 Å². The summed E-state index contributed by atoms with van der Waals surface area (Å²) in [7, 11) is 0. The fourth-order valence-corrected chi connectivity index (χ4v) is 1.78.